The van der Waals surface area contributed by atoms with Gasteiger partial charge in [0.05, 0.1) is 0 Å². The van der Waals surface area contributed by atoms with E-state index in [9.17, 15) is 0 Å². The third-order valence-electron chi connectivity index (χ3n) is 4.14. The van der Waals surface area contributed by atoms with Crippen LogP contribution in [0.3, 0.4) is 0 Å². The average molecular weight is 242 g/mol. The second-order valence-corrected chi connectivity index (χ2v) is 5.17. The highest BCUT2D eigenvalue weighted by Gasteiger charge is 2.28. The first-order valence-corrected chi connectivity index (χ1v) is 7.21. The van der Waals surface area contributed by atoms with Crippen molar-refractivity contribution in [3.05, 3.63) is 0 Å². The molecule has 1 aliphatic heterocycles. The Morgan fingerprint density at radius 2 is 1.94 bits per heavy atom. The maximum absolute atomic E-state index is 5.46. The van der Waals surface area contributed by atoms with Gasteiger partial charge in [-0.25, -0.2) is 0 Å². The lowest BCUT2D eigenvalue weighted by Crippen LogP contribution is -2.52. The van der Waals surface area contributed by atoms with Crippen LogP contribution < -0.4 is 5.32 Å². The minimum absolute atomic E-state index is 0.623. The van der Waals surface area contributed by atoms with Crippen LogP contribution in [0.25, 0.3) is 0 Å². The lowest BCUT2D eigenvalue weighted by molar-refractivity contribution is 0.0205. The van der Waals surface area contributed by atoms with Crippen LogP contribution >= 0.6 is 0 Å². The van der Waals surface area contributed by atoms with Crippen molar-refractivity contribution < 1.29 is 4.74 Å². The fourth-order valence-corrected chi connectivity index (χ4v) is 3.06. The van der Waals surface area contributed by atoms with E-state index in [1.807, 2.05) is 0 Å². The van der Waals surface area contributed by atoms with E-state index in [2.05, 4.69) is 38.2 Å². The molecule has 0 saturated carbocycles. The highest BCUT2D eigenvalue weighted by atomic mass is 16.5. The maximum atomic E-state index is 5.46. The normalized spacial score (nSPS) is 21.7. The van der Waals surface area contributed by atoms with Gasteiger partial charge in [-0.2, -0.15) is 0 Å². The molecule has 0 aromatic rings. The third-order valence-corrected chi connectivity index (χ3v) is 4.14. The zero-order valence-corrected chi connectivity index (χ0v) is 12.0. The van der Waals surface area contributed by atoms with Crippen molar-refractivity contribution in [2.24, 2.45) is 0 Å². The van der Waals surface area contributed by atoms with Gasteiger partial charge < -0.3 is 10.1 Å². The quantitative estimate of drug-likeness (QED) is 0.741. The van der Waals surface area contributed by atoms with Gasteiger partial charge in [-0.05, 0) is 39.8 Å². The number of hydrogen-bond donors (Lipinski definition) is 1. The minimum Gasteiger partial charge on any atom is -0.381 e. The van der Waals surface area contributed by atoms with Crippen molar-refractivity contribution in [2.45, 2.75) is 64.1 Å². The fourth-order valence-electron chi connectivity index (χ4n) is 3.06. The van der Waals surface area contributed by atoms with E-state index in [1.54, 1.807) is 0 Å². The van der Waals surface area contributed by atoms with Gasteiger partial charge >= 0.3 is 0 Å². The molecular weight excluding hydrogens is 212 g/mol. The highest BCUT2D eigenvalue weighted by molar-refractivity contribution is 4.85. The molecule has 102 valence electrons. The van der Waals surface area contributed by atoms with Crippen molar-refractivity contribution in [2.75, 3.05) is 27.3 Å². The van der Waals surface area contributed by atoms with Crippen LogP contribution in [0.4, 0.5) is 0 Å². The number of nitrogens with zero attached hydrogens (tertiary/aromatic N) is 1. The summed E-state index contributed by atoms with van der Waals surface area (Å²) in [5, 5.41) is 3.50. The van der Waals surface area contributed by atoms with Crippen LogP contribution in [-0.4, -0.2) is 50.3 Å². The largest absolute Gasteiger partial charge is 0.381 e. The molecular formula is C14H30N2O. The molecule has 0 aromatic heterocycles. The standard InChI is InChI=1S/C14H30N2O/c1-5-7-13(15-3)14(6-2)16(4)12-8-10-17-11-9-12/h12-15H,5-11H2,1-4H3. The molecule has 0 amide bonds. The van der Waals surface area contributed by atoms with Gasteiger partial charge in [-0.3, -0.25) is 4.90 Å². The third kappa shape index (κ3) is 4.23. The SMILES string of the molecule is CCCC(NC)C(CC)N(C)C1CCOCC1. The molecule has 1 heterocycles. The molecule has 1 fully saturated rings. The molecule has 1 rings (SSSR count). The van der Waals surface area contributed by atoms with Crippen LogP contribution in [0.5, 0.6) is 0 Å². The number of likely N-dealkylation sites (N-methyl/N-ethyl adjacent to an activating group) is 2. The van der Waals surface area contributed by atoms with Gasteiger partial charge in [0, 0.05) is 31.3 Å². The smallest absolute Gasteiger partial charge is 0.0480 e. The van der Waals surface area contributed by atoms with E-state index in [4.69, 9.17) is 4.74 Å². The van der Waals surface area contributed by atoms with Crippen molar-refractivity contribution >= 4 is 0 Å². The summed E-state index contributed by atoms with van der Waals surface area (Å²) in [6.07, 6.45) is 6.12. The molecule has 3 nitrogen and oxygen atoms in total. The first kappa shape index (κ1) is 14.9. The second-order valence-electron chi connectivity index (χ2n) is 5.17. The van der Waals surface area contributed by atoms with Gasteiger partial charge in [-0.1, -0.05) is 20.3 Å². The van der Waals surface area contributed by atoms with Gasteiger partial charge in [0.1, 0.15) is 0 Å². The van der Waals surface area contributed by atoms with Crippen molar-refractivity contribution in [1.29, 1.82) is 0 Å². The molecule has 0 aliphatic carbocycles. The van der Waals surface area contributed by atoms with Crippen LogP contribution in [0.2, 0.25) is 0 Å². The number of rotatable bonds is 7. The Bertz CT molecular complexity index is 193. The van der Waals surface area contributed by atoms with E-state index in [-0.39, 0.29) is 0 Å². The molecule has 1 saturated heterocycles. The van der Waals surface area contributed by atoms with E-state index in [1.165, 1.54) is 32.1 Å². The summed E-state index contributed by atoms with van der Waals surface area (Å²) in [4.78, 5) is 2.60. The number of ether oxygens (including phenoxy) is 1. The van der Waals surface area contributed by atoms with Crippen LogP contribution in [0.1, 0.15) is 46.0 Å². The zero-order valence-electron chi connectivity index (χ0n) is 12.0. The van der Waals surface area contributed by atoms with Crippen molar-refractivity contribution in [1.82, 2.24) is 10.2 Å². The van der Waals surface area contributed by atoms with E-state index in [0.717, 1.165) is 13.2 Å². The van der Waals surface area contributed by atoms with Gasteiger partial charge in [-0.15, -0.1) is 0 Å². The van der Waals surface area contributed by atoms with Gasteiger partial charge in [0.15, 0.2) is 0 Å². The Kier molecular flexibility index (Phi) is 7.09. The molecule has 2 unspecified atom stereocenters. The zero-order chi connectivity index (χ0) is 12.7. The molecule has 0 bridgehead atoms. The molecule has 2 atom stereocenters. The lowest BCUT2D eigenvalue weighted by atomic mass is 9.96. The Labute approximate surface area is 107 Å². The monoisotopic (exact) mass is 242 g/mol. The molecule has 0 aromatic carbocycles. The van der Waals surface area contributed by atoms with Gasteiger partial charge in [0.2, 0.25) is 0 Å². The number of nitrogens with one attached hydrogen (secondary N) is 1. The molecule has 1 aliphatic rings. The van der Waals surface area contributed by atoms with E-state index in [0.29, 0.717) is 18.1 Å². The molecule has 17 heavy (non-hydrogen) atoms. The Balaban J connectivity index is 2.56. The van der Waals surface area contributed by atoms with Crippen LogP contribution in [0.15, 0.2) is 0 Å². The summed E-state index contributed by atoms with van der Waals surface area (Å²) >= 11 is 0. The molecule has 3 heteroatoms. The summed E-state index contributed by atoms with van der Waals surface area (Å²) in [6.45, 7) is 6.44. The average Bonchev–Trinajstić information content (AvgIpc) is 2.39. The number of hydrogen-bond acceptors (Lipinski definition) is 3. The summed E-state index contributed by atoms with van der Waals surface area (Å²) in [5.41, 5.74) is 0. The van der Waals surface area contributed by atoms with Crippen molar-refractivity contribution in [3.8, 4) is 0 Å². The highest BCUT2D eigenvalue weighted by Crippen LogP contribution is 2.20. The van der Waals surface area contributed by atoms with Gasteiger partial charge in [0.25, 0.3) is 0 Å². The predicted molar refractivity (Wildman–Crippen MR) is 73.4 cm³/mol. The maximum Gasteiger partial charge on any atom is 0.0480 e. The fraction of sp³-hybridized carbons (Fsp3) is 1.00. The van der Waals surface area contributed by atoms with Crippen LogP contribution in [0, 0.1) is 0 Å². The Hall–Kier alpha value is -0.120. The predicted octanol–water partition coefficient (Wildman–Crippen LogP) is 2.26. The second kappa shape index (κ2) is 8.06. The summed E-state index contributed by atoms with van der Waals surface area (Å²) in [5.74, 6) is 0. The Morgan fingerprint density at radius 1 is 1.29 bits per heavy atom. The summed E-state index contributed by atoms with van der Waals surface area (Å²) in [7, 11) is 4.39. The molecule has 0 radical (unpaired) electrons. The minimum atomic E-state index is 0.623. The first-order chi connectivity index (χ1) is 8.24. The van der Waals surface area contributed by atoms with E-state index >= 15 is 0 Å². The van der Waals surface area contributed by atoms with E-state index < -0.39 is 0 Å². The molecule has 0 spiro atoms. The summed E-state index contributed by atoms with van der Waals surface area (Å²) in [6, 6.07) is 1.99. The lowest BCUT2D eigenvalue weighted by Gasteiger charge is -2.40. The van der Waals surface area contributed by atoms with Crippen molar-refractivity contribution in [3.63, 3.8) is 0 Å². The molecule has 1 N–H and O–H groups in total. The summed E-state index contributed by atoms with van der Waals surface area (Å²) < 4.78 is 5.46. The Morgan fingerprint density at radius 3 is 2.41 bits per heavy atom. The topological polar surface area (TPSA) is 24.5 Å². The van der Waals surface area contributed by atoms with Crippen LogP contribution in [-0.2, 0) is 4.74 Å². The first-order valence-electron chi connectivity index (χ1n) is 7.21.